The first kappa shape index (κ1) is 17.6. The van der Waals surface area contributed by atoms with Gasteiger partial charge < -0.3 is 4.74 Å². The lowest BCUT2D eigenvalue weighted by Gasteiger charge is -2.36. The van der Waals surface area contributed by atoms with Crippen molar-refractivity contribution >= 4 is 11.5 Å². The molecule has 23 heavy (non-hydrogen) atoms. The van der Waals surface area contributed by atoms with E-state index in [-0.39, 0.29) is 17.2 Å². The molecule has 0 saturated heterocycles. The second-order valence-electron chi connectivity index (χ2n) is 6.88. The minimum atomic E-state index is -0.997. The van der Waals surface area contributed by atoms with Crippen LogP contribution in [0.25, 0.3) is 5.57 Å². The molecule has 0 heterocycles. The molecule has 2 nitrogen and oxygen atoms in total. The number of hydrogen-bond acceptors (Lipinski definition) is 2. The van der Waals surface area contributed by atoms with Gasteiger partial charge in [0.15, 0.2) is 11.6 Å². The van der Waals surface area contributed by atoms with Gasteiger partial charge in [0.25, 0.3) is 0 Å². The minimum Gasteiger partial charge on any atom is -0.458 e. The monoisotopic (exact) mass is 322 g/mol. The summed E-state index contributed by atoms with van der Waals surface area (Å²) < 4.78 is 32.0. The first-order chi connectivity index (χ1) is 10.8. The van der Waals surface area contributed by atoms with Crippen LogP contribution in [0, 0.1) is 29.4 Å². The fourth-order valence-corrected chi connectivity index (χ4v) is 3.26. The first-order valence-corrected chi connectivity index (χ1v) is 8.15. The van der Waals surface area contributed by atoms with Crippen LogP contribution >= 0.6 is 0 Å². The average Bonchev–Trinajstić information content (AvgIpc) is 2.49. The Bertz CT molecular complexity index is 595. The predicted molar refractivity (Wildman–Crippen MR) is 86.6 cm³/mol. The number of rotatable bonds is 4. The quantitative estimate of drug-likeness (QED) is 0.577. The zero-order chi connectivity index (χ0) is 17.1. The molecule has 0 aliphatic heterocycles. The number of ether oxygens (including phenoxy) is 1. The third-order valence-electron chi connectivity index (χ3n) is 4.73. The number of carbonyl (C=O) groups excluding carboxylic acids is 1. The zero-order valence-electron chi connectivity index (χ0n) is 13.9. The molecule has 0 unspecified atom stereocenters. The molecule has 3 atom stereocenters. The van der Waals surface area contributed by atoms with Gasteiger partial charge in [-0.25, -0.2) is 13.6 Å². The normalized spacial score (nSPS) is 24.5. The molecule has 0 N–H and O–H groups in total. The molecule has 2 rings (SSSR count). The summed E-state index contributed by atoms with van der Waals surface area (Å²) in [6.45, 7) is 10.1. The molecule has 0 bridgehead atoms. The van der Waals surface area contributed by atoms with E-state index in [9.17, 15) is 13.6 Å². The van der Waals surface area contributed by atoms with Crippen molar-refractivity contribution < 1.29 is 18.3 Å². The topological polar surface area (TPSA) is 26.3 Å². The van der Waals surface area contributed by atoms with Crippen LogP contribution in [0.4, 0.5) is 8.78 Å². The van der Waals surface area contributed by atoms with Crippen molar-refractivity contribution in [2.24, 2.45) is 17.8 Å². The van der Waals surface area contributed by atoms with Crippen LogP contribution in [0.5, 0.6) is 0 Å². The fraction of sp³-hybridized carbons (Fsp3) is 0.526. The van der Waals surface area contributed by atoms with Crippen LogP contribution in [-0.2, 0) is 9.53 Å². The van der Waals surface area contributed by atoms with E-state index in [0.29, 0.717) is 17.8 Å². The molecule has 1 fully saturated rings. The highest BCUT2D eigenvalue weighted by Gasteiger charge is 2.33. The van der Waals surface area contributed by atoms with Crippen molar-refractivity contribution in [2.75, 3.05) is 0 Å². The summed E-state index contributed by atoms with van der Waals surface area (Å²) >= 11 is 0. The molecule has 1 aliphatic rings. The molecule has 0 aromatic heterocycles. The highest BCUT2D eigenvalue weighted by molar-refractivity contribution is 6.15. The Hall–Kier alpha value is -1.71. The highest BCUT2D eigenvalue weighted by Crippen LogP contribution is 2.36. The Kier molecular flexibility index (Phi) is 5.55. The van der Waals surface area contributed by atoms with Crippen LogP contribution in [0.2, 0.25) is 0 Å². The van der Waals surface area contributed by atoms with Gasteiger partial charge in [-0.15, -0.1) is 0 Å². The molecule has 1 aromatic rings. The Balaban J connectivity index is 2.09. The molecular formula is C19H24F2O2. The minimum absolute atomic E-state index is 0.0598. The number of carbonyl (C=O) groups is 1. The molecule has 4 heteroatoms. The van der Waals surface area contributed by atoms with E-state index in [2.05, 4.69) is 27.4 Å². The van der Waals surface area contributed by atoms with Crippen molar-refractivity contribution in [1.82, 2.24) is 0 Å². The van der Waals surface area contributed by atoms with Crippen LogP contribution < -0.4 is 0 Å². The predicted octanol–water partition coefficient (Wildman–Crippen LogP) is 4.98. The van der Waals surface area contributed by atoms with Gasteiger partial charge in [-0.3, -0.25) is 0 Å². The standard InChI is InChI=1S/C19H24F2O2/c1-11(2)15-7-5-12(3)9-18(15)23-19(22)13(4)14-6-8-16(20)17(21)10-14/h6,8,10-12,15,18H,4-5,7,9H2,1-3H3/t12-,15+,18-/m1/s1. The van der Waals surface area contributed by atoms with Gasteiger partial charge in [0.05, 0.1) is 5.57 Å². The molecule has 1 saturated carbocycles. The van der Waals surface area contributed by atoms with E-state index < -0.39 is 17.6 Å². The SMILES string of the molecule is C=C(C(=O)O[C@@H]1C[C@H](C)CC[C@H]1C(C)C)c1ccc(F)c(F)c1. The second kappa shape index (κ2) is 7.24. The number of benzene rings is 1. The zero-order valence-corrected chi connectivity index (χ0v) is 13.9. The lowest BCUT2D eigenvalue weighted by atomic mass is 9.75. The van der Waals surface area contributed by atoms with Gasteiger partial charge in [-0.1, -0.05) is 39.8 Å². The maximum atomic E-state index is 13.3. The molecule has 0 amide bonds. The van der Waals surface area contributed by atoms with Crippen LogP contribution in [-0.4, -0.2) is 12.1 Å². The Morgan fingerprint density at radius 1 is 1.26 bits per heavy atom. The second-order valence-corrected chi connectivity index (χ2v) is 6.88. The lowest BCUT2D eigenvalue weighted by Crippen LogP contribution is -2.36. The average molecular weight is 322 g/mol. The smallest absolute Gasteiger partial charge is 0.338 e. The summed E-state index contributed by atoms with van der Waals surface area (Å²) in [6.07, 6.45) is 2.86. The van der Waals surface area contributed by atoms with Crippen molar-refractivity contribution in [2.45, 2.75) is 46.1 Å². The van der Waals surface area contributed by atoms with E-state index in [1.807, 2.05) is 0 Å². The van der Waals surface area contributed by atoms with Crippen LogP contribution in [0.3, 0.4) is 0 Å². The summed E-state index contributed by atoms with van der Waals surface area (Å²) in [4.78, 5) is 12.3. The Morgan fingerprint density at radius 3 is 2.57 bits per heavy atom. The van der Waals surface area contributed by atoms with Gasteiger partial charge in [-0.05, 0) is 48.3 Å². The maximum Gasteiger partial charge on any atom is 0.338 e. The van der Waals surface area contributed by atoms with E-state index >= 15 is 0 Å². The van der Waals surface area contributed by atoms with Crippen molar-refractivity contribution in [3.05, 3.63) is 42.0 Å². The Morgan fingerprint density at radius 2 is 1.96 bits per heavy atom. The van der Waals surface area contributed by atoms with E-state index in [1.54, 1.807) is 0 Å². The number of esters is 1. The first-order valence-electron chi connectivity index (χ1n) is 8.15. The summed E-state index contributed by atoms with van der Waals surface area (Å²) in [7, 11) is 0. The summed E-state index contributed by atoms with van der Waals surface area (Å²) in [5, 5.41) is 0. The van der Waals surface area contributed by atoms with Crippen LogP contribution in [0.1, 0.15) is 45.6 Å². The van der Waals surface area contributed by atoms with Gasteiger partial charge in [0, 0.05) is 0 Å². The highest BCUT2D eigenvalue weighted by atomic mass is 19.2. The summed E-state index contributed by atoms with van der Waals surface area (Å²) in [5.74, 6) is -1.23. The van der Waals surface area contributed by atoms with E-state index in [0.717, 1.165) is 31.4 Å². The van der Waals surface area contributed by atoms with Gasteiger partial charge in [0.1, 0.15) is 6.10 Å². The Labute approximate surface area is 136 Å². The van der Waals surface area contributed by atoms with Crippen LogP contribution in [0.15, 0.2) is 24.8 Å². The maximum absolute atomic E-state index is 13.3. The van der Waals surface area contributed by atoms with Gasteiger partial charge >= 0.3 is 5.97 Å². The third kappa shape index (κ3) is 4.18. The number of hydrogen-bond donors (Lipinski definition) is 0. The molecule has 1 aliphatic carbocycles. The van der Waals surface area contributed by atoms with E-state index in [1.165, 1.54) is 6.07 Å². The molecule has 126 valence electrons. The molecule has 0 radical (unpaired) electrons. The van der Waals surface area contributed by atoms with E-state index in [4.69, 9.17) is 4.74 Å². The largest absolute Gasteiger partial charge is 0.458 e. The van der Waals surface area contributed by atoms with Crippen molar-refractivity contribution in [3.63, 3.8) is 0 Å². The number of halogens is 2. The third-order valence-corrected chi connectivity index (χ3v) is 4.73. The molecule has 0 spiro atoms. The summed E-state index contributed by atoms with van der Waals surface area (Å²) in [6, 6.07) is 3.30. The van der Waals surface area contributed by atoms with Crippen molar-refractivity contribution in [3.8, 4) is 0 Å². The summed E-state index contributed by atoms with van der Waals surface area (Å²) in [5.41, 5.74) is 0.309. The van der Waals surface area contributed by atoms with Gasteiger partial charge in [0.2, 0.25) is 0 Å². The van der Waals surface area contributed by atoms with Gasteiger partial charge in [-0.2, -0.15) is 0 Å². The molecular weight excluding hydrogens is 298 g/mol. The fourth-order valence-electron chi connectivity index (χ4n) is 3.26. The molecule has 1 aromatic carbocycles. The lowest BCUT2D eigenvalue weighted by molar-refractivity contribution is -0.148. The van der Waals surface area contributed by atoms with Crippen molar-refractivity contribution in [1.29, 1.82) is 0 Å².